The van der Waals surface area contributed by atoms with Gasteiger partial charge in [0.05, 0.1) is 19.3 Å². The molecule has 27 heavy (non-hydrogen) atoms. The molecule has 0 radical (unpaired) electrons. The highest BCUT2D eigenvalue weighted by Gasteiger charge is 2.43. The number of hydrogen-bond acceptors (Lipinski definition) is 4. The number of aryl methyl sites for hydroxylation is 1. The summed E-state index contributed by atoms with van der Waals surface area (Å²) in [5.74, 6) is 2.38. The second-order valence-electron chi connectivity index (χ2n) is 7.58. The molecular formula is C20H26N4O3. The van der Waals surface area contributed by atoms with Gasteiger partial charge in [0.15, 0.2) is 0 Å². The van der Waals surface area contributed by atoms with Crippen LogP contribution in [0, 0.1) is 18.8 Å². The Bertz CT molecular complexity index is 821. The van der Waals surface area contributed by atoms with Crippen LogP contribution >= 0.6 is 0 Å². The van der Waals surface area contributed by atoms with Gasteiger partial charge in [-0.3, -0.25) is 0 Å². The van der Waals surface area contributed by atoms with Crippen LogP contribution in [0.2, 0.25) is 0 Å². The SMILES string of the molecule is COc1cccc(NC(=O)N2C[C@H]3C[C@H](O)[C@@H](n4ccnc4C)C[C@H]3C2)c1. The maximum absolute atomic E-state index is 12.7. The summed E-state index contributed by atoms with van der Waals surface area (Å²) >= 11 is 0. The first-order valence-corrected chi connectivity index (χ1v) is 9.42. The molecule has 2 aromatic rings. The average molecular weight is 370 g/mol. The molecule has 1 saturated carbocycles. The number of hydrogen-bond donors (Lipinski definition) is 2. The molecule has 144 valence electrons. The minimum absolute atomic E-state index is 0.0372. The Kier molecular flexibility index (Phi) is 4.78. The van der Waals surface area contributed by atoms with Gasteiger partial charge in [-0.15, -0.1) is 0 Å². The third-order valence-corrected chi connectivity index (χ3v) is 5.94. The zero-order valence-corrected chi connectivity index (χ0v) is 15.7. The number of aliphatic hydroxyl groups is 1. The molecule has 0 bridgehead atoms. The summed E-state index contributed by atoms with van der Waals surface area (Å²) < 4.78 is 7.28. The number of methoxy groups -OCH3 is 1. The Labute approximate surface area is 159 Å². The maximum atomic E-state index is 12.7. The maximum Gasteiger partial charge on any atom is 0.321 e. The van der Waals surface area contributed by atoms with E-state index in [4.69, 9.17) is 4.74 Å². The molecule has 1 aliphatic carbocycles. The first-order chi connectivity index (χ1) is 13.0. The molecule has 0 unspecified atom stereocenters. The zero-order chi connectivity index (χ0) is 19.0. The Morgan fingerprint density at radius 1 is 1.30 bits per heavy atom. The molecule has 0 spiro atoms. The van der Waals surface area contributed by atoms with Crippen molar-refractivity contribution in [1.82, 2.24) is 14.5 Å². The monoisotopic (exact) mass is 370 g/mol. The fraction of sp³-hybridized carbons (Fsp3) is 0.500. The molecule has 7 heteroatoms. The van der Waals surface area contributed by atoms with E-state index >= 15 is 0 Å². The molecule has 7 nitrogen and oxygen atoms in total. The number of benzene rings is 1. The van der Waals surface area contributed by atoms with Crippen molar-refractivity contribution in [2.24, 2.45) is 11.8 Å². The summed E-state index contributed by atoms with van der Waals surface area (Å²) in [6, 6.07) is 7.30. The molecule has 1 aromatic carbocycles. The van der Waals surface area contributed by atoms with Crippen molar-refractivity contribution < 1.29 is 14.6 Å². The summed E-state index contributed by atoms with van der Waals surface area (Å²) in [6.45, 7) is 3.37. The Morgan fingerprint density at radius 3 is 2.78 bits per heavy atom. The quantitative estimate of drug-likeness (QED) is 0.871. The largest absolute Gasteiger partial charge is 0.497 e. The van der Waals surface area contributed by atoms with Gasteiger partial charge in [0.25, 0.3) is 0 Å². The number of nitrogens with zero attached hydrogens (tertiary/aromatic N) is 3. The van der Waals surface area contributed by atoms with E-state index in [1.807, 2.05) is 42.3 Å². The highest BCUT2D eigenvalue weighted by molar-refractivity contribution is 5.89. The van der Waals surface area contributed by atoms with Crippen molar-refractivity contribution >= 4 is 11.7 Å². The van der Waals surface area contributed by atoms with Crippen molar-refractivity contribution in [1.29, 1.82) is 0 Å². The van der Waals surface area contributed by atoms with Gasteiger partial charge in [0.2, 0.25) is 0 Å². The minimum Gasteiger partial charge on any atom is -0.497 e. The van der Waals surface area contributed by atoms with E-state index in [0.29, 0.717) is 24.1 Å². The second-order valence-corrected chi connectivity index (χ2v) is 7.58. The highest BCUT2D eigenvalue weighted by Crippen LogP contribution is 2.41. The smallest absolute Gasteiger partial charge is 0.321 e. The number of aliphatic hydroxyl groups excluding tert-OH is 1. The van der Waals surface area contributed by atoms with Crippen molar-refractivity contribution in [3.8, 4) is 5.75 Å². The van der Waals surface area contributed by atoms with E-state index in [1.165, 1.54) is 0 Å². The van der Waals surface area contributed by atoms with Crippen LogP contribution in [0.15, 0.2) is 36.7 Å². The zero-order valence-electron chi connectivity index (χ0n) is 15.7. The van der Waals surface area contributed by atoms with Gasteiger partial charge in [-0.1, -0.05) is 6.07 Å². The number of likely N-dealkylation sites (tertiary alicyclic amines) is 1. The lowest BCUT2D eigenvalue weighted by atomic mass is 9.77. The van der Waals surface area contributed by atoms with Crippen molar-refractivity contribution in [3.63, 3.8) is 0 Å². The van der Waals surface area contributed by atoms with Crippen LogP contribution in [0.4, 0.5) is 10.5 Å². The van der Waals surface area contributed by atoms with Gasteiger partial charge in [0, 0.05) is 37.2 Å². The van der Waals surface area contributed by atoms with E-state index in [2.05, 4.69) is 14.9 Å². The molecule has 4 atom stereocenters. The molecule has 2 aliphatic rings. The number of fused-ring (bicyclic) bond motifs is 1. The van der Waals surface area contributed by atoms with E-state index in [-0.39, 0.29) is 12.1 Å². The van der Waals surface area contributed by atoms with Crippen LogP contribution in [0.25, 0.3) is 0 Å². The second kappa shape index (κ2) is 7.23. The summed E-state index contributed by atoms with van der Waals surface area (Å²) in [4.78, 5) is 18.8. The molecule has 2 heterocycles. The lowest BCUT2D eigenvalue weighted by Gasteiger charge is -2.36. The number of aromatic nitrogens is 2. The molecule has 4 rings (SSSR count). The summed E-state index contributed by atoms with van der Waals surface area (Å²) in [7, 11) is 1.61. The topological polar surface area (TPSA) is 79.6 Å². The Morgan fingerprint density at radius 2 is 2.07 bits per heavy atom. The lowest BCUT2D eigenvalue weighted by Crippen LogP contribution is -2.36. The molecule has 2 N–H and O–H groups in total. The van der Waals surface area contributed by atoms with Crippen LogP contribution in [0.5, 0.6) is 5.75 Å². The van der Waals surface area contributed by atoms with Gasteiger partial charge < -0.3 is 24.6 Å². The summed E-state index contributed by atoms with van der Waals surface area (Å²) in [5, 5.41) is 13.6. The van der Waals surface area contributed by atoms with Crippen molar-refractivity contribution in [2.45, 2.75) is 31.9 Å². The number of amides is 2. The van der Waals surface area contributed by atoms with Gasteiger partial charge in [0.1, 0.15) is 11.6 Å². The molecule has 1 saturated heterocycles. The number of ether oxygens (including phenoxy) is 1. The lowest BCUT2D eigenvalue weighted by molar-refractivity contribution is 0.0350. The van der Waals surface area contributed by atoms with E-state index in [1.54, 1.807) is 13.3 Å². The number of urea groups is 1. The summed E-state index contributed by atoms with van der Waals surface area (Å²) in [6.07, 6.45) is 4.89. The predicted molar refractivity (Wildman–Crippen MR) is 102 cm³/mol. The van der Waals surface area contributed by atoms with Gasteiger partial charge >= 0.3 is 6.03 Å². The molecule has 2 fully saturated rings. The van der Waals surface area contributed by atoms with Crippen LogP contribution < -0.4 is 10.1 Å². The number of anilines is 1. The van der Waals surface area contributed by atoms with E-state index in [9.17, 15) is 9.90 Å². The Balaban J connectivity index is 1.42. The molecule has 1 aliphatic heterocycles. The van der Waals surface area contributed by atoms with Gasteiger partial charge in [-0.2, -0.15) is 0 Å². The standard InChI is InChI=1S/C20H26N4O3/c1-13-21-6-7-24(13)18-8-14-11-23(12-15(14)9-19(18)25)20(26)22-16-4-3-5-17(10-16)27-2/h3-7,10,14-15,18-19,25H,8-9,11-12H2,1-2H3,(H,22,26)/t14-,15+,18-,19-/m0/s1. The number of imidazole rings is 1. The first-order valence-electron chi connectivity index (χ1n) is 9.42. The highest BCUT2D eigenvalue weighted by atomic mass is 16.5. The molecule has 2 amide bonds. The number of rotatable bonds is 3. The molecular weight excluding hydrogens is 344 g/mol. The van der Waals surface area contributed by atoms with Crippen molar-refractivity contribution in [2.75, 3.05) is 25.5 Å². The fourth-order valence-electron chi connectivity index (χ4n) is 4.51. The van der Waals surface area contributed by atoms with Crippen LogP contribution in [-0.4, -0.2) is 51.9 Å². The predicted octanol–water partition coefficient (Wildman–Crippen LogP) is 2.68. The third-order valence-electron chi connectivity index (χ3n) is 5.94. The minimum atomic E-state index is -0.402. The van der Waals surface area contributed by atoms with E-state index in [0.717, 1.165) is 30.9 Å². The van der Waals surface area contributed by atoms with Gasteiger partial charge in [-0.25, -0.2) is 9.78 Å². The average Bonchev–Trinajstić information content (AvgIpc) is 3.26. The fourth-order valence-corrected chi connectivity index (χ4v) is 4.51. The van der Waals surface area contributed by atoms with Crippen LogP contribution in [-0.2, 0) is 0 Å². The molecule has 1 aromatic heterocycles. The van der Waals surface area contributed by atoms with E-state index < -0.39 is 6.10 Å². The first kappa shape index (κ1) is 17.9. The number of carbonyl (C=O) groups is 1. The van der Waals surface area contributed by atoms with Crippen molar-refractivity contribution in [3.05, 3.63) is 42.5 Å². The summed E-state index contributed by atoms with van der Waals surface area (Å²) in [5.41, 5.74) is 0.723. The number of nitrogens with one attached hydrogen (secondary N) is 1. The number of carbonyl (C=O) groups excluding carboxylic acids is 1. The third kappa shape index (κ3) is 3.51. The van der Waals surface area contributed by atoms with Crippen LogP contribution in [0.3, 0.4) is 0 Å². The van der Waals surface area contributed by atoms with Crippen LogP contribution in [0.1, 0.15) is 24.7 Å². The Hall–Kier alpha value is -2.54. The normalized spacial score (nSPS) is 27.3. The van der Waals surface area contributed by atoms with Gasteiger partial charge in [-0.05, 0) is 43.7 Å².